The molecule has 0 saturated heterocycles. The first kappa shape index (κ1) is 14.2. The second kappa shape index (κ2) is 6.29. The van der Waals surface area contributed by atoms with E-state index in [0.29, 0.717) is 15.7 Å². The summed E-state index contributed by atoms with van der Waals surface area (Å²) in [5, 5.41) is 11.4. The number of amides is 1. The van der Waals surface area contributed by atoms with Crippen LogP contribution in [0.25, 0.3) is 0 Å². The van der Waals surface area contributed by atoms with Crippen molar-refractivity contribution in [3.63, 3.8) is 0 Å². The monoisotopic (exact) mass is 334 g/mol. The number of pyridine rings is 1. The summed E-state index contributed by atoms with van der Waals surface area (Å²) in [6.07, 6.45) is 1.44. The summed E-state index contributed by atoms with van der Waals surface area (Å²) in [6.45, 7) is 0. The summed E-state index contributed by atoms with van der Waals surface area (Å²) in [5.74, 6) is -1.27. The highest BCUT2D eigenvalue weighted by Crippen LogP contribution is 2.16. The van der Waals surface area contributed by atoms with E-state index in [1.807, 2.05) is 0 Å². The molecule has 0 bridgehead atoms. The SMILES string of the molecule is O=C(O)Cc1cccc(NC(=O)c2ncccc2Br)c1. The lowest BCUT2D eigenvalue weighted by Crippen LogP contribution is -2.14. The lowest BCUT2D eigenvalue weighted by Gasteiger charge is -2.07. The van der Waals surface area contributed by atoms with Gasteiger partial charge >= 0.3 is 5.97 Å². The van der Waals surface area contributed by atoms with Crippen molar-refractivity contribution in [3.05, 3.63) is 58.3 Å². The lowest BCUT2D eigenvalue weighted by molar-refractivity contribution is -0.136. The number of rotatable bonds is 4. The van der Waals surface area contributed by atoms with Gasteiger partial charge in [0.25, 0.3) is 5.91 Å². The molecule has 0 saturated carbocycles. The first-order valence-electron chi connectivity index (χ1n) is 5.79. The number of carboxylic acids is 1. The smallest absolute Gasteiger partial charge is 0.307 e. The van der Waals surface area contributed by atoms with Crippen LogP contribution in [0.4, 0.5) is 5.69 Å². The third-order valence-corrected chi connectivity index (χ3v) is 3.15. The molecule has 0 aliphatic rings. The number of anilines is 1. The Morgan fingerprint density at radius 2 is 2.05 bits per heavy atom. The molecular weight excluding hydrogens is 324 g/mol. The molecule has 0 aliphatic carbocycles. The summed E-state index contributed by atoms with van der Waals surface area (Å²) < 4.78 is 0.596. The van der Waals surface area contributed by atoms with Crippen molar-refractivity contribution in [2.75, 3.05) is 5.32 Å². The third-order valence-electron chi connectivity index (χ3n) is 2.51. The van der Waals surface area contributed by atoms with Gasteiger partial charge in [-0.15, -0.1) is 0 Å². The van der Waals surface area contributed by atoms with Crippen LogP contribution >= 0.6 is 15.9 Å². The van der Waals surface area contributed by atoms with Crippen molar-refractivity contribution in [2.45, 2.75) is 6.42 Å². The van der Waals surface area contributed by atoms with Crippen LogP contribution in [0.3, 0.4) is 0 Å². The van der Waals surface area contributed by atoms with Gasteiger partial charge in [-0.1, -0.05) is 12.1 Å². The number of carboxylic acid groups (broad SMARTS) is 1. The van der Waals surface area contributed by atoms with Crippen molar-refractivity contribution in [1.29, 1.82) is 0 Å². The highest BCUT2D eigenvalue weighted by molar-refractivity contribution is 9.10. The Hall–Kier alpha value is -2.21. The Bertz CT molecular complexity index is 658. The molecule has 1 amide bonds. The minimum absolute atomic E-state index is 0.0863. The van der Waals surface area contributed by atoms with Gasteiger partial charge in [-0.2, -0.15) is 0 Å². The van der Waals surface area contributed by atoms with Gasteiger partial charge in [0.2, 0.25) is 0 Å². The van der Waals surface area contributed by atoms with Crippen molar-refractivity contribution in [1.82, 2.24) is 4.98 Å². The number of carbonyl (C=O) groups is 2. The topological polar surface area (TPSA) is 79.3 Å². The standard InChI is InChI=1S/C14H11BrN2O3/c15-11-5-2-6-16-13(11)14(20)17-10-4-1-3-9(7-10)8-12(18)19/h1-7H,8H2,(H,17,20)(H,18,19). The first-order valence-corrected chi connectivity index (χ1v) is 6.58. The maximum Gasteiger partial charge on any atom is 0.307 e. The number of hydrogen-bond donors (Lipinski definition) is 2. The van der Waals surface area contributed by atoms with E-state index in [1.165, 1.54) is 6.20 Å². The predicted octanol–water partition coefficient (Wildman–Crippen LogP) is 2.72. The molecule has 1 aromatic heterocycles. The zero-order chi connectivity index (χ0) is 14.5. The normalized spacial score (nSPS) is 10.1. The Morgan fingerprint density at radius 3 is 2.75 bits per heavy atom. The molecule has 0 aliphatic heterocycles. The molecule has 1 heterocycles. The van der Waals surface area contributed by atoms with E-state index >= 15 is 0 Å². The van der Waals surface area contributed by atoms with Crippen molar-refractivity contribution in [3.8, 4) is 0 Å². The fourth-order valence-electron chi connectivity index (χ4n) is 1.68. The number of carbonyl (C=O) groups excluding carboxylic acids is 1. The van der Waals surface area contributed by atoms with Crippen LogP contribution < -0.4 is 5.32 Å². The zero-order valence-electron chi connectivity index (χ0n) is 10.3. The van der Waals surface area contributed by atoms with E-state index in [-0.39, 0.29) is 18.0 Å². The summed E-state index contributed by atoms with van der Waals surface area (Å²) in [5.41, 5.74) is 1.43. The van der Waals surface area contributed by atoms with Gasteiger partial charge < -0.3 is 10.4 Å². The van der Waals surface area contributed by atoms with E-state index in [0.717, 1.165) is 0 Å². The fourth-order valence-corrected chi connectivity index (χ4v) is 2.11. The number of halogens is 1. The number of aromatic nitrogens is 1. The van der Waals surface area contributed by atoms with Crippen LogP contribution in [-0.2, 0) is 11.2 Å². The van der Waals surface area contributed by atoms with Gasteiger partial charge in [0, 0.05) is 16.4 Å². The van der Waals surface area contributed by atoms with Gasteiger partial charge in [0.15, 0.2) is 0 Å². The number of benzene rings is 1. The number of nitrogens with one attached hydrogen (secondary N) is 1. The molecule has 2 aromatic rings. The largest absolute Gasteiger partial charge is 0.481 e. The van der Waals surface area contributed by atoms with Gasteiger partial charge in [-0.3, -0.25) is 9.59 Å². The Kier molecular flexibility index (Phi) is 4.47. The summed E-state index contributed by atoms with van der Waals surface area (Å²) >= 11 is 3.26. The van der Waals surface area contributed by atoms with Crippen LogP contribution in [-0.4, -0.2) is 22.0 Å². The molecule has 0 fully saturated rings. The van der Waals surface area contributed by atoms with Gasteiger partial charge in [-0.25, -0.2) is 4.98 Å². The molecular formula is C14H11BrN2O3. The van der Waals surface area contributed by atoms with Crippen LogP contribution in [0.2, 0.25) is 0 Å². The molecule has 0 atom stereocenters. The summed E-state index contributed by atoms with van der Waals surface area (Å²) in [7, 11) is 0. The number of hydrogen-bond acceptors (Lipinski definition) is 3. The zero-order valence-corrected chi connectivity index (χ0v) is 11.9. The molecule has 6 heteroatoms. The lowest BCUT2D eigenvalue weighted by atomic mass is 10.1. The van der Waals surface area contributed by atoms with Gasteiger partial charge in [0.1, 0.15) is 5.69 Å². The Balaban J connectivity index is 2.16. The average molecular weight is 335 g/mol. The van der Waals surface area contributed by atoms with E-state index in [9.17, 15) is 9.59 Å². The van der Waals surface area contributed by atoms with Crippen LogP contribution in [0.1, 0.15) is 16.1 Å². The minimum Gasteiger partial charge on any atom is -0.481 e. The maximum absolute atomic E-state index is 12.0. The molecule has 0 radical (unpaired) electrons. The van der Waals surface area contributed by atoms with Crippen LogP contribution in [0.15, 0.2) is 47.1 Å². The maximum atomic E-state index is 12.0. The second-order valence-corrected chi connectivity index (χ2v) is 4.91. The fraction of sp³-hybridized carbons (Fsp3) is 0.0714. The predicted molar refractivity (Wildman–Crippen MR) is 77.7 cm³/mol. The number of nitrogens with zero attached hydrogens (tertiary/aromatic N) is 1. The van der Waals surface area contributed by atoms with Crippen molar-refractivity contribution >= 4 is 33.5 Å². The molecule has 0 spiro atoms. The molecule has 102 valence electrons. The second-order valence-electron chi connectivity index (χ2n) is 4.06. The summed E-state index contributed by atoms with van der Waals surface area (Å²) in [4.78, 5) is 26.7. The molecule has 0 unspecified atom stereocenters. The van der Waals surface area contributed by atoms with E-state index in [1.54, 1.807) is 36.4 Å². The highest BCUT2D eigenvalue weighted by atomic mass is 79.9. The van der Waals surface area contributed by atoms with E-state index in [2.05, 4.69) is 26.2 Å². The highest BCUT2D eigenvalue weighted by Gasteiger charge is 2.11. The third kappa shape index (κ3) is 3.64. The molecule has 1 aromatic carbocycles. The van der Waals surface area contributed by atoms with Crippen LogP contribution in [0, 0.1) is 0 Å². The molecule has 2 N–H and O–H groups in total. The first-order chi connectivity index (χ1) is 9.56. The Morgan fingerprint density at radius 1 is 1.25 bits per heavy atom. The number of aliphatic carboxylic acids is 1. The molecule has 2 rings (SSSR count). The average Bonchev–Trinajstić information content (AvgIpc) is 2.38. The quantitative estimate of drug-likeness (QED) is 0.900. The molecule has 5 nitrogen and oxygen atoms in total. The Labute approximate surface area is 123 Å². The minimum atomic E-state index is -0.916. The molecule has 20 heavy (non-hydrogen) atoms. The van der Waals surface area contributed by atoms with Crippen LogP contribution in [0.5, 0.6) is 0 Å². The van der Waals surface area contributed by atoms with Crippen molar-refractivity contribution in [2.24, 2.45) is 0 Å². The van der Waals surface area contributed by atoms with Gasteiger partial charge in [-0.05, 0) is 45.8 Å². The van der Waals surface area contributed by atoms with E-state index in [4.69, 9.17) is 5.11 Å². The van der Waals surface area contributed by atoms with Gasteiger partial charge in [0.05, 0.1) is 6.42 Å². The van der Waals surface area contributed by atoms with E-state index < -0.39 is 5.97 Å². The van der Waals surface area contributed by atoms with Crippen molar-refractivity contribution < 1.29 is 14.7 Å². The summed E-state index contributed by atoms with van der Waals surface area (Å²) in [6, 6.07) is 10.2.